The van der Waals surface area contributed by atoms with Gasteiger partial charge in [-0.05, 0) is 68.4 Å². The van der Waals surface area contributed by atoms with Crippen LogP contribution in [-0.4, -0.2) is 36.8 Å². The third-order valence-corrected chi connectivity index (χ3v) is 6.27. The van der Waals surface area contributed by atoms with E-state index in [1.54, 1.807) is 7.11 Å². The number of benzene rings is 1. The molecule has 2 aromatic rings. The summed E-state index contributed by atoms with van der Waals surface area (Å²) in [5, 5.41) is 0. The molecular formula is C30H42N4O2. The lowest BCUT2D eigenvalue weighted by Gasteiger charge is -2.28. The standard InChI is InChI=1S/C30H42N4O2/c1-8-12-33(13-9-2)26-18-28-30(31-19-26)23(6)32-25(14-21(3)4)10-11-29(35)34(28)20-24-15-22(5)16-27(17-24)36-7/h10,15-19,21H,8-9,11-14,20H2,1-7H3/b25-10-,32-23?. The second kappa shape index (κ2) is 12.7. The van der Waals surface area contributed by atoms with E-state index in [-0.39, 0.29) is 5.91 Å². The molecule has 36 heavy (non-hydrogen) atoms. The summed E-state index contributed by atoms with van der Waals surface area (Å²) in [7, 11) is 1.67. The minimum absolute atomic E-state index is 0.0411. The first-order valence-corrected chi connectivity index (χ1v) is 13.2. The molecule has 3 rings (SSSR count). The number of aliphatic imine (C=N–C) groups is 1. The number of hydrogen-bond donors (Lipinski definition) is 0. The fourth-order valence-electron chi connectivity index (χ4n) is 4.71. The van der Waals surface area contributed by atoms with Crippen LogP contribution in [-0.2, 0) is 11.3 Å². The highest BCUT2D eigenvalue weighted by Crippen LogP contribution is 2.31. The Morgan fingerprint density at radius 2 is 1.81 bits per heavy atom. The Hall–Kier alpha value is -3.15. The zero-order valence-corrected chi connectivity index (χ0v) is 23.1. The van der Waals surface area contributed by atoms with Gasteiger partial charge in [-0.25, -0.2) is 0 Å². The van der Waals surface area contributed by atoms with Gasteiger partial charge in [0.2, 0.25) is 5.91 Å². The first-order valence-electron chi connectivity index (χ1n) is 13.2. The molecule has 0 bridgehead atoms. The molecule has 1 aromatic heterocycles. The highest BCUT2D eigenvalue weighted by atomic mass is 16.5. The van der Waals surface area contributed by atoms with Crippen molar-refractivity contribution >= 4 is 23.0 Å². The number of amides is 1. The van der Waals surface area contributed by atoms with Gasteiger partial charge in [0.25, 0.3) is 0 Å². The van der Waals surface area contributed by atoms with Crippen molar-refractivity contribution in [2.24, 2.45) is 10.9 Å². The minimum atomic E-state index is 0.0411. The number of aryl methyl sites for hydroxylation is 1. The van der Waals surface area contributed by atoms with Crippen LogP contribution in [0.15, 0.2) is 47.2 Å². The van der Waals surface area contributed by atoms with E-state index in [1.807, 2.05) is 43.2 Å². The van der Waals surface area contributed by atoms with Crippen LogP contribution in [0.3, 0.4) is 0 Å². The molecular weight excluding hydrogens is 448 g/mol. The predicted molar refractivity (Wildman–Crippen MR) is 150 cm³/mol. The summed E-state index contributed by atoms with van der Waals surface area (Å²) in [6.45, 7) is 15.1. The number of nitrogens with zero attached hydrogens (tertiary/aromatic N) is 4. The average Bonchev–Trinajstić information content (AvgIpc) is 2.88. The monoisotopic (exact) mass is 490 g/mol. The lowest BCUT2D eigenvalue weighted by molar-refractivity contribution is -0.118. The normalized spacial score (nSPS) is 15.4. The smallest absolute Gasteiger partial charge is 0.231 e. The van der Waals surface area contributed by atoms with E-state index < -0.39 is 0 Å². The zero-order chi connectivity index (χ0) is 26.2. The van der Waals surface area contributed by atoms with Crippen LogP contribution < -0.4 is 14.5 Å². The van der Waals surface area contributed by atoms with Crippen molar-refractivity contribution < 1.29 is 9.53 Å². The number of methoxy groups -OCH3 is 1. The number of rotatable bonds is 10. The van der Waals surface area contributed by atoms with Crippen LogP contribution >= 0.6 is 0 Å². The van der Waals surface area contributed by atoms with Gasteiger partial charge in [0.05, 0.1) is 36.9 Å². The van der Waals surface area contributed by atoms with Crippen LogP contribution in [0.2, 0.25) is 0 Å². The largest absolute Gasteiger partial charge is 0.497 e. The summed E-state index contributed by atoms with van der Waals surface area (Å²) in [6, 6.07) is 8.25. The molecule has 0 spiro atoms. The molecule has 6 heteroatoms. The summed E-state index contributed by atoms with van der Waals surface area (Å²) in [4.78, 5) is 27.8. The van der Waals surface area contributed by atoms with Crippen molar-refractivity contribution in [1.29, 1.82) is 0 Å². The molecule has 0 radical (unpaired) electrons. The molecule has 0 N–H and O–H groups in total. The molecule has 2 heterocycles. The molecule has 0 unspecified atom stereocenters. The molecule has 0 saturated heterocycles. The topological polar surface area (TPSA) is 58.0 Å². The Morgan fingerprint density at radius 1 is 1.08 bits per heavy atom. The van der Waals surface area contributed by atoms with Crippen LogP contribution in [0, 0.1) is 12.8 Å². The second-order valence-electron chi connectivity index (χ2n) is 10.1. The maximum Gasteiger partial charge on any atom is 0.231 e. The van der Waals surface area contributed by atoms with E-state index in [2.05, 4.69) is 44.7 Å². The van der Waals surface area contributed by atoms with E-state index in [1.165, 1.54) is 0 Å². The van der Waals surface area contributed by atoms with E-state index >= 15 is 0 Å². The van der Waals surface area contributed by atoms with E-state index in [9.17, 15) is 4.79 Å². The second-order valence-corrected chi connectivity index (χ2v) is 10.1. The summed E-state index contributed by atoms with van der Waals surface area (Å²) < 4.78 is 5.51. The Balaban J connectivity index is 2.16. The van der Waals surface area contributed by atoms with E-state index in [0.717, 1.165) is 77.7 Å². The van der Waals surface area contributed by atoms with E-state index in [0.29, 0.717) is 18.9 Å². The number of allylic oxidation sites excluding steroid dienone is 1. The van der Waals surface area contributed by atoms with Crippen molar-refractivity contribution in [2.45, 2.75) is 73.8 Å². The van der Waals surface area contributed by atoms with Crippen molar-refractivity contribution in [3.8, 4) is 5.75 Å². The molecule has 0 atom stereocenters. The summed E-state index contributed by atoms with van der Waals surface area (Å²) in [5.41, 5.74) is 6.53. The number of aromatic nitrogens is 1. The van der Waals surface area contributed by atoms with Crippen LogP contribution in [0.25, 0.3) is 0 Å². The van der Waals surface area contributed by atoms with Gasteiger partial charge in [-0.2, -0.15) is 0 Å². The Bertz CT molecular complexity index is 1110. The molecule has 194 valence electrons. The lowest BCUT2D eigenvalue weighted by atomic mass is 10.1. The maximum absolute atomic E-state index is 13.8. The van der Waals surface area contributed by atoms with Gasteiger partial charge in [-0.15, -0.1) is 0 Å². The van der Waals surface area contributed by atoms with Crippen LogP contribution in [0.5, 0.6) is 5.75 Å². The number of fused-ring (bicyclic) bond motifs is 1. The average molecular weight is 491 g/mol. The third kappa shape index (κ3) is 6.96. The number of ether oxygens (including phenoxy) is 1. The SMILES string of the molecule is CCCN(CCC)c1cnc2c(c1)N(Cc1cc(C)cc(OC)c1)C(=O)C/C=C(/CC(C)C)N=C2C. The first kappa shape index (κ1) is 27.4. The fraction of sp³-hybridized carbons (Fsp3) is 0.500. The van der Waals surface area contributed by atoms with Gasteiger partial charge in [-0.3, -0.25) is 14.8 Å². The zero-order valence-electron chi connectivity index (χ0n) is 23.1. The summed E-state index contributed by atoms with van der Waals surface area (Å²) in [6.07, 6.45) is 7.15. The minimum Gasteiger partial charge on any atom is -0.497 e. The van der Waals surface area contributed by atoms with E-state index in [4.69, 9.17) is 14.7 Å². The quantitative estimate of drug-likeness (QED) is 0.372. The van der Waals surface area contributed by atoms with Crippen molar-refractivity contribution in [3.05, 3.63) is 59.1 Å². The Morgan fingerprint density at radius 3 is 2.44 bits per heavy atom. The summed E-state index contributed by atoms with van der Waals surface area (Å²) in [5.74, 6) is 1.29. The molecule has 0 aliphatic carbocycles. The fourth-order valence-corrected chi connectivity index (χ4v) is 4.71. The van der Waals surface area contributed by atoms with Gasteiger partial charge in [-0.1, -0.05) is 39.8 Å². The number of hydrogen-bond acceptors (Lipinski definition) is 5. The number of anilines is 2. The molecule has 0 saturated carbocycles. The molecule has 1 amide bonds. The Kier molecular flexibility index (Phi) is 9.68. The van der Waals surface area contributed by atoms with Crippen LogP contribution in [0.4, 0.5) is 11.4 Å². The summed E-state index contributed by atoms with van der Waals surface area (Å²) >= 11 is 0. The predicted octanol–water partition coefficient (Wildman–Crippen LogP) is 6.70. The first-order chi connectivity index (χ1) is 17.2. The lowest BCUT2D eigenvalue weighted by Crippen LogP contribution is -2.32. The molecule has 1 aliphatic heterocycles. The number of carbonyl (C=O) groups is 1. The number of carbonyl (C=O) groups excluding carboxylic acids is 1. The van der Waals surface area contributed by atoms with Gasteiger partial charge < -0.3 is 14.5 Å². The molecule has 1 aromatic carbocycles. The van der Waals surface area contributed by atoms with Crippen molar-refractivity contribution in [3.63, 3.8) is 0 Å². The molecule has 1 aliphatic rings. The van der Waals surface area contributed by atoms with Gasteiger partial charge in [0.1, 0.15) is 11.4 Å². The Labute approximate surface area is 217 Å². The number of pyridine rings is 1. The highest BCUT2D eigenvalue weighted by Gasteiger charge is 2.24. The molecule has 0 fully saturated rings. The van der Waals surface area contributed by atoms with Crippen molar-refractivity contribution in [1.82, 2.24) is 4.98 Å². The van der Waals surface area contributed by atoms with Gasteiger partial charge >= 0.3 is 0 Å². The maximum atomic E-state index is 13.8. The van der Waals surface area contributed by atoms with Gasteiger partial charge in [0, 0.05) is 25.2 Å². The molecule has 6 nitrogen and oxygen atoms in total. The highest BCUT2D eigenvalue weighted by molar-refractivity contribution is 6.07. The van der Waals surface area contributed by atoms with Crippen molar-refractivity contribution in [2.75, 3.05) is 30.0 Å². The van der Waals surface area contributed by atoms with Crippen LogP contribution in [0.1, 0.15) is 77.1 Å². The van der Waals surface area contributed by atoms with Gasteiger partial charge in [0.15, 0.2) is 0 Å². The third-order valence-electron chi connectivity index (χ3n) is 6.27.